The highest BCUT2D eigenvalue weighted by Gasteiger charge is 2.44. The van der Waals surface area contributed by atoms with E-state index in [1.807, 2.05) is 13.0 Å². The van der Waals surface area contributed by atoms with Crippen LogP contribution in [-0.4, -0.2) is 54.4 Å². The molecule has 4 rings (SSSR count). The summed E-state index contributed by atoms with van der Waals surface area (Å²) in [5, 5.41) is 10.6. The fourth-order valence-corrected chi connectivity index (χ4v) is 4.60. The van der Waals surface area contributed by atoms with Crippen LogP contribution in [0.15, 0.2) is 48.5 Å². The first kappa shape index (κ1) is 22.4. The van der Waals surface area contributed by atoms with Crippen molar-refractivity contribution in [1.29, 1.82) is 0 Å². The number of nitrogens with zero attached hydrogens (tertiary/aromatic N) is 2. The summed E-state index contributed by atoms with van der Waals surface area (Å²) in [5.41, 5.74) is 1.47. The Bertz CT molecular complexity index is 959. The molecule has 2 atom stereocenters. The first-order valence-electron chi connectivity index (χ1n) is 10.9. The van der Waals surface area contributed by atoms with Gasteiger partial charge in [0.1, 0.15) is 17.9 Å². The number of anilines is 1. The van der Waals surface area contributed by atoms with Crippen LogP contribution in [0.2, 0.25) is 5.02 Å². The first-order valence-corrected chi connectivity index (χ1v) is 11.3. The number of esters is 1. The number of aromatic hydroxyl groups is 1. The molecule has 0 spiro atoms. The zero-order valence-electron chi connectivity index (χ0n) is 17.9. The third kappa shape index (κ3) is 4.84. The second-order valence-corrected chi connectivity index (χ2v) is 8.57. The van der Waals surface area contributed by atoms with E-state index in [2.05, 4.69) is 4.90 Å². The molecule has 170 valence electrons. The molecule has 32 heavy (non-hydrogen) atoms. The standard InChI is InChI=1S/C24H27ClN2O5/c1-2-31-23(29)16-10-12-26(13-11-16)15-21-22(17-4-3-5-20(28)14-17)27(24(30)32-21)19-8-6-18(25)7-9-19/h3-9,14,16,21-22,28H,2,10-13,15H2,1H3/t21-,22-/m0/s1. The van der Waals surface area contributed by atoms with E-state index >= 15 is 0 Å². The van der Waals surface area contributed by atoms with E-state index in [1.54, 1.807) is 47.4 Å². The summed E-state index contributed by atoms with van der Waals surface area (Å²) >= 11 is 6.03. The minimum Gasteiger partial charge on any atom is -0.508 e. The fraction of sp³-hybridized carbons (Fsp3) is 0.417. The van der Waals surface area contributed by atoms with Gasteiger partial charge in [-0.25, -0.2) is 4.79 Å². The zero-order valence-corrected chi connectivity index (χ0v) is 18.7. The summed E-state index contributed by atoms with van der Waals surface area (Å²) in [4.78, 5) is 28.8. The van der Waals surface area contributed by atoms with Gasteiger partial charge in [0.15, 0.2) is 0 Å². The number of piperidine rings is 1. The molecule has 2 aromatic carbocycles. The molecule has 1 amide bonds. The molecule has 0 radical (unpaired) electrons. The number of cyclic esters (lactones) is 1. The van der Waals surface area contributed by atoms with E-state index in [9.17, 15) is 14.7 Å². The van der Waals surface area contributed by atoms with Gasteiger partial charge in [-0.1, -0.05) is 23.7 Å². The molecular weight excluding hydrogens is 432 g/mol. The van der Waals surface area contributed by atoms with Crippen LogP contribution in [0.3, 0.4) is 0 Å². The Labute approximate surface area is 192 Å². The second kappa shape index (κ2) is 9.79. The number of carbonyl (C=O) groups is 2. The van der Waals surface area contributed by atoms with Crippen molar-refractivity contribution in [3.05, 3.63) is 59.1 Å². The topological polar surface area (TPSA) is 79.3 Å². The largest absolute Gasteiger partial charge is 0.508 e. The van der Waals surface area contributed by atoms with Crippen molar-refractivity contribution in [1.82, 2.24) is 4.90 Å². The Morgan fingerprint density at radius 2 is 1.91 bits per heavy atom. The van der Waals surface area contributed by atoms with Gasteiger partial charge in [-0.15, -0.1) is 0 Å². The van der Waals surface area contributed by atoms with E-state index in [1.165, 1.54) is 0 Å². The van der Waals surface area contributed by atoms with Crippen LogP contribution in [0, 0.1) is 5.92 Å². The molecule has 0 aliphatic carbocycles. The van der Waals surface area contributed by atoms with Crippen molar-refractivity contribution in [3.63, 3.8) is 0 Å². The maximum absolute atomic E-state index is 12.9. The maximum atomic E-state index is 12.9. The van der Waals surface area contributed by atoms with Crippen LogP contribution in [0.5, 0.6) is 5.75 Å². The average molecular weight is 459 g/mol. The smallest absolute Gasteiger partial charge is 0.415 e. The quantitative estimate of drug-likeness (QED) is 0.647. The molecule has 0 unspecified atom stereocenters. The molecule has 0 bridgehead atoms. The number of phenols is 1. The van der Waals surface area contributed by atoms with Crippen molar-refractivity contribution in [2.45, 2.75) is 31.9 Å². The molecule has 2 aromatic rings. The lowest BCUT2D eigenvalue weighted by Gasteiger charge is -2.33. The highest BCUT2D eigenvalue weighted by atomic mass is 35.5. The first-order chi connectivity index (χ1) is 15.5. The molecule has 1 N–H and O–H groups in total. The number of phenolic OH excluding ortho intramolecular Hbond substituents is 1. The molecule has 2 aliphatic heterocycles. The van der Waals surface area contributed by atoms with E-state index in [4.69, 9.17) is 21.1 Å². The van der Waals surface area contributed by atoms with Crippen molar-refractivity contribution < 1.29 is 24.2 Å². The van der Waals surface area contributed by atoms with Crippen molar-refractivity contribution >= 4 is 29.4 Å². The molecule has 8 heteroatoms. The lowest BCUT2D eigenvalue weighted by atomic mass is 9.95. The van der Waals surface area contributed by atoms with Crippen LogP contribution in [-0.2, 0) is 14.3 Å². The van der Waals surface area contributed by atoms with Gasteiger partial charge in [0.2, 0.25) is 0 Å². The number of rotatable bonds is 6. The predicted molar refractivity (Wildman–Crippen MR) is 121 cm³/mol. The number of ether oxygens (including phenoxy) is 2. The van der Waals surface area contributed by atoms with Crippen LogP contribution >= 0.6 is 11.6 Å². The molecule has 0 aromatic heterocycles. The van der Waals surface area contributed by atoms with Crippen LogP contribution < -0.4 is 4.90 Å². The van der Waals surface area contributed by atoms with Crippen LogP contribution in [0.25, 0.3) is 0 Å². The second-order valence-electron chi connectivity index (χ2n) is 8.14. The lowest BCUT2D eigenvalue weighted by Crippen LogP contribution is -2.42. The Morgan fingerprint density at radius 1 is 1.19 bits per heavy atom. The SMILES string of the molecule is CCOC(=O)C1CCN(C[C@@H]2OC(=O)N(c3ccc(Cl)cc3)[C@H]2c2cccc(O)c2)CC1. The normalized spacial score (nSPS) is 22.1. The Hall–Kier alpha value is -2.77. The molecule has 0 saturated carbocycles. The monoisotopic (exact) mass is 458 g/mol. The van der Waals surface area contributed by atoms with E-state index < -0.39 is 18.2 Å². The van der Waals surface area contributed by atoms with Gasteiger partial charge in [-0.2, -0.15) is 0 Å². The number of carbonyl (C=O) groups excluding carboxylic acids is 2. The summed E-state index contributed by atoms with van der Waals surface area (Å²) in [6, 6.07) is 13.5. The average Bonchev–Trinajstić information content (AvgIpc) is 3.10. The lowest BCUT2D eigenvalue weighted by molar-refractivity contribution is -0.149. The van der Waals surface area contributed by atoms with Crippen molar-refractivity contribution in [2.75, 3.05) is 31.1 Å². The number of benzene rings is 2. The van der Waals surface area contributed by atoms with Crippen molar-refractivity contribution in [2.24, 2.45) is 5.92 Å². The maximum Gasteiger partial charge on any atom is 0.415 e. The molecular formula is C24H27ClN2O5. The summed E-state index contributed by atoms with van der Waals surface area (Å²) in [6.07, 6.45) is 0.570. The van der Waals surface area contributed by atoms with Gasteiger partial charge >= 0.3 is 12.1 Å². The van der Waals surface area contributed by atoms with E-state index in [0.717, 1.165) is 31.5 Å². The molecule has 2 fully saturated rings. The molecule has 2 aliphatic rings. The number of hydrogen-bond acceptors (Lipinski definition) is 6. The Kier molecular flexibility index (Phi) is 6.86. The number of hydrogen-bond donors (Lipinski definition) is 1. The Balaban J connectivity index is 1.54. The van der Waals surface area contributed by atoms with E-state index in [-0.39, 0.29) is 17.6 Å². The Morgan fingerprint density at radius 3 is 2.56 bits per heavy atom. The highest BCUT2D eigenvalue weighted by Crippen LogP contribution is 2.39. The van der Waals surface area contributed by atoms with Crippen LogP contribution in [0.4, 0.5) is 10.5 Å². The van der Waals surface area contributed by atoms with Crippen LogP contribution in [0.1, 0.15) is 31.4 Å². The van der Waals surface area contributed by atoms with Gasteiger partial charge in [-0.3, -0.25) is 14.6 Å². The fourth-order valence-electron chi connectivity index (χ4n) is 4.47. The zero-order chi connectivity index (χ0) is 22.7. The number of amides is 1. The van der Waals surface area contributed by atoms with Gasteiger partial charge in [0.25, 0.3) is 0 Å². The predicted octanol–water partition coefficient (Wildman–Crippen LogP) is 4.39. The van der Waals surface area contributed by atoms with E-state index in [0.29, 0.717) is 23.9 Å². The van der Waals surface area contributed by atoms with Gasteiger partial charge in [0, 0.05) is 17.3 Å². The summed E-state index contributed by atoms with van der Waals surface area (Å²) in [7, 11) is 0. The third-order valence-electron chi connectivity index (χ3n) is 6.04. The van der Waals surface area contributed by atoms with Crippen molar-refractivity contribution in [3.8, 4) is 5.75 Å². The van der Waals surface area contributed by atoms with Gasteiger partial charge in [-0.05, 0) is 74.8 Å². The summed E-state index contributed by atoms with van der Waals surface area (Å²) in [6.45, 7) is 4.20. The highest BCUT2D eigenvalue weighted by molar-refractivity contribution is 6.30. The number of halogens is 1. The third-order valence-corrected chi connectivity index (χ3v) is 6.29. The molecule has 2 saturated heterocycles. The minimum absolute atomic E-state index is 0.0789. The minimum atomic E-state index is -0.438. The van der Waals surface area contributed by atoms with Gasteiger partial charge < -0.3 is 14.6 Å². The molecule has 7 nitrogen and oxygen atoms in total. The molecule has 2 heterocycles. The summed E-state index contributed by atoms with van der Waals surface area (Å²) in [5.74, 6) is -0.0809. The van der Waals surface area contributed by atoms with Gasteiger partial charge in [0.05, 0.1) is 12.5 Å². The number of likely N-dealkylation sites (tertiary alicyclic amines) is 1. The summed E-state index contributed by atoms with van der Waals surface area (Å²) < 4.78 is 11.0.